The number of primary amides is 1. The van der Waals surface area contributed by atoms with E-state index in [0.717, 1.165) is 12.8 Å². The average Bonchev–Trinajstić information content (AvgIpc) is 2.60. The van der Waals surface area contributed by atoms with E-state index in [-0.39, 0.29) is 35.7 Å². The van der Waals surface area contributed by atoms with Crippen LogP contribution in [0.2, 0.25) is 0 Å². The highest BCUT2D eigenvalue weighted by Gasteiger charge is 2.63. The van der Waals surface area contributed by atoms with Gasteiger partial charge in [0.15, 0.2) is 0 Å². The molecule has 0 aromatic carbocycles. The van der Waals surface area contributed by atoms with Crippen molar-refractivity contribution in [3.8, 4) is 0 Å². The Morgan fingerprint density at radius 3 is 2.92 bits per heavy atom. The summed E-state index contributed by atoms with van der Waals surface area (Å²) in [5.41, 5.74) is 5.28. The van der Waals surface area contributed by atoms with Gasteiger partial charge in [-0.05, 0) is 18.8 Å². The Morgan fingerprint density at radius 2 is 2.23 bits per heavy atom. The molecule has 2 bridgehead atoms. The maximum Gasteiger partial charge on any atom is 0.310 e. The van der Waals surface area contributed by atoms with Gasteiger partial charge in [0.2, 0.25) is 5.91 Å². The zero-order valence-electron chi connectivity index (χ0n) is 7.10. The highest BCUT2D eigenvalue weighted by atomic mass is 16.6. The van der Waals surface area contributed by atoms with Crippen molar-refractivity contribution in [3.63, 3.8) is 0 Å². The quantitative estimate of drug-likeness (QED) is 0.563. The van der Waals surface area contributed by atoms with Crippen molar-refractivity contribution in [1.82, 2.24) is 0 Å². The van der Waals surface area contributed by atoms with Crippen LogP contribution in [0, 0.1) is 23.7 Å². The van der Waals surface area contributed by atoms with Gasteiger partial charge in [0, 0.05) is 5.92 Å². The Hall–Kier alpha value is -1.06. The first-order valence-electron chi connectivity index (χ1n) is 4.68. The third-order valence-electron chi connectivity index (χ3n) is 3.81. The molecule has 0 spiro atoms. The van der Waals surface area contributed by atoms with Crippen molar-refractivity contribution >= 4 is 11.9 Å². The fourth-order valence-electron chi connectivity index (χ4n) is 3.40. The zero-order chi connectivity index (χ0) is 9.16. The maximum absolute atomic E-state index is 11.4. The maximum atomic E-state index is 11.4. The fraction of sp³-hybridized carbons (Fsp3) is 0.778. The van der Waals surface area contributed by atoms with Gasteiger partial charge < -0.3 is 10.5 Å². The van der Waals surface area contributed by atoms with E-state index >= 15 is 0 Å². The second-order valence-electron chi connectivity index (χ2n) is 4.32. The van der Waals surface area contributed by atoms with Crippen LogP contribution in [0.25, 0.3) is 0 Å². The highest BCUT2D eigenvalue weighted by molar-refractivity contribution is 5.87. The Morgan fingerprint density at radius 1 is 1.46 bits per heavy atom. The van der Waals surface area contributed by atoms with Crippen LogP contribution in [-0.4, -0.2) is 18.0 Å². The minimum atomic E-state index is -0.324. The molecule has 3 fully saturated rings. The van der Waals surface area contributed by atoms with E-state index in [9.17, 15) is 9.59 Å². The topological polar surface area (TPSA) is 69.4 Å². The summed E-state index contributed by atoms with van der Waals surface area (Å²) in [4.78, 5) is 22.5. The minimum absolute atomic E-state index is 0.0955. The summed E-state index contributed by atoms with van der Waals surface area (Å²) < 4.78 is 5.17. The molecule has 2 N–H and O–H groups in total. The van der Waals surface area contributed by atoms with Gasteiger partial charge in [-0.15, -0.1) is 0 Å². The molecule has 2 saturated carbocycles. The fourth-order valence-corrected chi connectivity index (χ4v) is 3.40. The average molecular weight is 181 g/mol. The lowest BCUT2D eigenvalue weighted by Crippen LogP contribution is -2.36. The van der Waals surface area contributed by atoms with Crippen molar-refractivity contribution in [2.75, 3.05) is 0 Å². The normalized spacial score (nSPS) is 51.1. The standard InChI is InChI=1S/C9H11NO3/c10-8(11)6-3-1-4-5(2-3)13-9(12)7(4)6/h3-7H,1-2H2,(H2,10,11)/t3-,4-,5-,6-,7+/m1/s1. The first-order valence-corrected chi connectivity index (χ1v) is 4.68. The molecule has 0 radical (unpaired) electrons. The Labute approximate surface area is 75.4 Å². The van der Waals surface area contributed by atoms with Crippen LogP contribution in [0.4, 0.5) is 0 Å². The van der Waals surface area contributed by atoms with E-state index < -0.39 is 0 Å². The number of amides is 1. The SMILES string of the molecule is NC(=O)[C@@H]1[C@@H]2C[C@H]3[C@@H]1C(=O)O[C@@H]3C2. The summed E-state index contributed by atoms with van der Waals surface area (Å²) in [7, 11) is 0. The van der Waals surface area contributed by atoms with Crippen LogP contribution in [0.3, 0.4) is 0 Å². The van der Waals surface area contributed by atoms with Crippen LogP contribution >= 0.6 is 0 Å². The van der Waals surface area contributed by atoms with Crippen LogP contribution in [0.5, 0.6) is 0 Å². The lowest BCUT2D eigenvalue weighted by molar-refractivity contribution is -0.145. The van der Waals surface area contributed by atoms with Crippen LogP contribution in [0.15, 0.2) is 0 Å². The number of hydrogen-bond acceptors (Lipinski definition) is 3. The van der Waals surface area contributed by atoms with Gasteiger partial charge in [0.05, 0.1) is 11.8 Å². The number of fused-ring (bicyclic) bond motifs is 1. The summed E-state index contributed by atoms with van der Waals surface area (Å²) in [5.74, 6) is -0.370. The van der Waals surface area contributed by atoms with E-state index in [4.69, 9.17) is 10.5 Å². The Kier molecular flexibility index (Phi) is 1.16. The molecule has 70 valence electrons. The Bertz CT molecular complexity index is 299. The number of ether oxygens (including phenoxy) is 1. The summed E-state index contributed by atoms with van der Waals surface area (Å²) >= 11 is 0. The number of hydrogen-bond donors (Lipinski definition) is 1. The molecule has 2 aliphatic carbocycles. The molecular formula is C9H11NO3. The van der Waals surface area contributed by atoms with Gasteiger partial charge >= 0.3 is 5.97 Å². The summed E-state index contributed by atoms with van der Waals surface area (Å²) in [6, 6.07) is 0. The molecule has 5 atom stereocenters. The molecular weight excluding hydrogens is 170 g/mol. The lowest BCUT2D eigenvalue weighted by atomic mass is 9.80. The van der Waals surface area contributed by atoms with Gasteiger partial charge in [0.1, 0.15) is 6.10 Å². The number of carbonyl (C=O) groups excluding carboxylic acids is 2. The monoisotopic (exact) mass is 181 g/mol. The van der Waals surface area contributed by atoms with E-state index in [1.54, 1.807) is 0 Å². The molecule has 4 heteroatoms. The van der Waals surface area contributed by atoms with Gasteiger partial charge in [0.25, 0.3) is 0 Å². The van der Waals surface area contributed by atoms with Crippen molar-refractivity contribution in [3.05, 3.63) is 0 Å². The first-order chi connectivity index (χ1) is 6.18. The largest absolute Gasteiger partial charge is 0.462 e. The van der Waals surface area contributed by atoms with Crippen LogP contribution < -0.4 is 5.73 Å². The van der Waals surface area contributed by atoms with Crippen molar-refractivity contribution in [2.45, 2.75) is 18.9 Å². The van der Waals surface area contributed by atoms with E-state index in [1.807, 2.05) is 0 Å². The van der Waals surface area contributed by atoms with Gasteiger partial charge in [-0.25, -0.2) is 0 Å². The van der Waals surface area contributed by atoms with Crippen molar-refractivity contribution in [2.24, 2.45) is 29.4 Å². The summed E-state index contributed by atoms with van der Waals surface area (Å²) in [6.07, 6.45) is 1.90. The molecule has 13 heavy (non-hydrogen) atoms. The number of esters is 1. The number of rotatable bonds is 1. The van der Waals surface area contributed by atoms with E-state index in [1.165, 1.54) is 0 Å². The second kappa shape index (κ2) is 2.05. The molecule has 0 aromatic rings. The molecule has 1 aliphatic heterocycles. The molecule has 3 aliphatic rings. The summed E-state index contributed by atoms with van der Waals surface area (Å²) in [6.45, 7) is 0. The number of carbonyl (C=O) groups is 2. The predicted octanol–water partition coefficient (Wildman–Crippen LogP) is -0.331. The lowest BCUT2D eigenvalue weighted by Gasteiger charge is -2.20. The highest BCUT2D eigenvalue weighted by Crippen LogP contribution is 2.57. The van der Waals surface area contributed by atoms with Crippen LogP contribution in [0.1, 0.15) is 12.8 Å². The van der Waals surface area contributed by atoms with E-state index in [0.29, 0.717) is 5.92 Å². The molecule has 0 unspecified atom stereocenters. The zero-order valence-corrected chi connectivity index (χ0v) is 7.10. The van der Waals surface area contributed by atoms with E-state index in [2.05, 4.69) is 0 Å². The smallest absolute Gasteiger partial charge is 0.310 e. The molecule has 3 rings (SSSR count). The minimum Gasteiger partial charge on any atom is -0.462 e. The van der Waals surface area contributed by atoms with Gasteiger partial charge in [-0.1, -0.05) is 0 Å². The van der Waals surface area contributed by atoms with Gasteiger partial charge in [-0.2, -0.15) is 0 Å². The Balaban J connectivity index is 2.01. The van der Waals surface area contributed by atoms with Crippen molar-refractivity contribution in [1.29, 1.82) is 0 Å². The molecule has 4 nitrogen and oxygen atoms in total. The van der Waals surface area contributed by atoms with Crippen LogP contribution in [-0.2, 0) is 14.3 Å². The second-order valence-corrected chi connectivity index (χ2v) is 4.32. The molecule has 1 amide bonds. The molecule has 1 heterocycles. The summed E-state index contributed by atoms with van der Waals surface area (Å²) in [5, 5.41) is 0. The van der Waals surface area contributed by atoms with Crippen molar-refractivity contribution < 1.29 is 14.3 Å². The van der Waals surface area contributed by atoms with Gasteiger partial charge in [-0.3, -0.25) is 9.59 Å². The predicted molar refractivity (Wildman–Crippen MR) is 42.3 cm³/mol. The number of nitrogens with two attached hydrogens (primary N) is 1. The first kappa shape index (κ1) is 7.35. The molecule has 1 saturated heterocycles. The third kappa shape index (κ3) is 0.716. The third-order valence-corrected chi connectivity index (χ3v) is 3.81. The molecule has 0 aromatic heterocycles.